The highest BCUT2D eigenvalue weighted by molar-refractivity contribution is 5.76. The van der Waals surface area contributed by atoms with E-state index in [4.69, 9.17) is 9.47 Å². The first-order valence-electron chi connectivity index (χ1n) is 7.65. The van der Waals surface area contributed by atoms with Gasteiger partial charge in [0.15, 0.2) is 0 Å². The third-order valence-electron chi connectivity index (χ3n) is 3.61. The van der Waals surface area contributed by atoms with Gasteiger partial charge in [-0.3, -0.25) is 4.79 Å². The maximum Gasteiger partial charge on any atom is 0.245 e. The number of nitrogens with one attached hydrogen (secondary N) is 1. The van der Waals surface area contributed by atoms with Crippen molar-refractivity contribution in [3.63, 3.8) is 0 Å². The van der Waals surface area contributed by atoms with Crippen LogP contribution in [0.25, 0.3) is 0 Å². The molecule has 0 aliphatic rings. The summed E-state index contributed by atoms with van der Waals surface area (Å²) in [6.07, 6.45) is 0. The van der Waals surface area contributed by atoms with E-state index in [0.29, 0.717) is 13.2 Å². The van der Waals surface area contributed by atoms with E-state index < -0.39 is 0 Å². The first-order valence-corrected chi connectivity index (χ1v) is 7.65. The van der Waals surface area contributed by atoms with Gasteiger partial charge >= 0.3 is 0 Å². The van der Waals surface area contributed by atoms with E-state index in [1.54, 1.807) is 7.05 Å². The molecular weight excluding hydrogens is 290 g/mol. The zero-order valence-electron chi connectivity index (χ0n) is 13.9. The molecule has 0 fully saturated rings. The normalized spacial score (nSPS) is 10.4. The van der Waals surface area contributed by atoms with E-state index in [-0.39, 0.29) is 12.5 Å². The first kappa shape index (κ1) is 17.0. The van der Waals surface area contributed by atoms with Gasteiger partial charge in [-0.25, -0.2) is 0 Å². The zero-order chi connectivity index (χ0) is 16.7. The van der Waals surface area contributed by atoms with Crippen molar-refractivity contribution in [1.82, 2.24) is 5.32 Å². The Kier molecular flexibility index (Phi) is 6.18. The molecule has 0 aromatic heterocycles. The average molecular weight is 313 g/mol. The summed E-state index contributed by atoms with van der Waals surface area (Å²) in [5.41, 5.74) is 4.38. The van der Waals surface area contributed by atoms with Gasteiger partial charge in [0.05, 0.1) is 6.61 Å². The largest absolute Gasteiger partial charge is 0.489 e. The molecule has 1 N–H and O–H groups in total. The fraction of sp³-hybridized carbons (Fsp3) is 0.316. The van der Waals surface area contributed by atoms with Crippen molar-refractivity contribution >= 4 is 5.91 Å². The summed E-state index contributed by atoms with van der Waals surface area (Å²) in [5.74, 6) is 0.764. The van der Waals surface area contributed by atoms with Crippen molar-refractivity contribution in [3.8, 4) is 5.75 Å². The van der Waals surface area contributed by atoms with Crippen molar-refractivity contribution in [2.45, 2.75) is 27.1 Å². The minimum Gasteiger partial charge on any atom is -0.489 e. The summed E-state index contributed by atoms with van der Waals surface area (Å²) < 4.78 is 11.4. The third kappa shape index (κ3) is 5.11. The summed E-state index contributed by atoms with van der Waals surface area (Å²) in [6, 6.07) is 14.1. The van der Waals surface area contributed by atoms with Gasteiger partial charge in [-0.1, -0.05) is 36.4 Å². The Morgan fingerprint density at radius 3 is 2.43 bits per heavy atom. The number of rotatable bonds is 7. The number of ether oxygens (including phenoxy) is 2. The molecule has 0 aliphatic carbocycles. The molecule has 122 valence electrons. The van der Waals surface area contributed by atoms with E-state index in [2.05, 4.69) is 17.4 Å². The molecule has 4 nitrogen and oxygen atoms in total. The smallest absolute Gasteiger partial charge is 0.245 e. The average Bonchev–Trinajstić information content (AvgIpc) is 2.56. The minimum atomic E-state index is -0.130. The third-order valence-corrected chi connectivity index (χ3v) is 3.61. The Balaban J connectivity index is 1.99. The number of carbonyl (C=O) groups is 1. The van der Waals surface area contributed by atoms with Crippen LogP contribution in [0.3, 0.4) is 0 Å². The van der Waals surface area contributed by atoms with Crippen molar-refractivity contribution in [2.24, 2.45) is 0 Å². The molecule has 2 rings (SSSR count). The maximum atomic E-state index is 11.2. The Hall–Kier alpha value is -2.33. The van der Waals surface area contributed by atoms with Crippen LogP contribution >= 0.6 is 0 Å². The second-order valence-electron chi connectivity index (χ2n) is 5.49. The molecule has 0 saturated heterocycles. The van der Waals surface area contributed by atoms with Crippen LogP contribution in [0.1, 0.15) is 22.3 Å². The number of hydrogen-bond acceptors (Lipinski definition) is 3. The Morgan fingerprint density at radius 2 is 1.74 bits per heavy atom. The number of likely N-dealkylation sites (N-methyl/N-ethyl adjacent to an activating group) is 1. The van der Waals surface area contributed by atoms with Gasteiger partial charge in [0.2, 0.25) is 5.91 Å². The summed E-state index contributed by atoms with van der Waals surface area (Å²) in [7, 11) is 1.59. The molecule has 1 amide bonds. The molecule has 0 spiro atoms. The lowest BCUT2D eigenvalue weighted by atomic mass is 10.1. The van der Waals surface area contributed by atoms with Crippen LogP contribution in [0, 0.1) is 13.8 Å². The van der Waals surface area contributed by atoms with E-state index in [0.717, 1.165) is 22.4 Å². The highest BCUT2D eigenvalue weighted by atomic mass is 16.5. The van der Waals surface area contributed by atoms with Gasteiger partial charge in [-0.15, -0.1) is 0 Å². The topological polar surface area (TPSA) is 47.6 Å². The highest BCUT2D eigenvalue weighted by Crippen LogP contribution is 2.21. The van der Waals surface area contributed by atoms with Crippen LogP contribution in [0.5, 0.6) is 5.75 Å². The Bertz CT molecular complexity index is 667. The fourth-order valence-electron chi connectivity index (χ4n) is 2.18. The van der Waals surface area contributed by atoms with Gasteiger partial charge < -0.3 is 14.8 Å². The van der Waals surface area contributed by atoms with Gasteiger partial charge in [-0.05, 0) is 42.2 Å². The number of hydrogen-bond donors (Lipinski definition) is 1. The van der Waals surface area contributed by atoms with Crippen LogP contribution < -0.4 is 10.1 Å². The summed E-state index contributed by atoms with van der Waals surface area (Å²) in [4.78, 5) is 11.2. The molecule has 0 saturated carbocycles. The Morgan fingerprint density at radius 1 is 1.04 bits per heavy atom. The lowest BCUT2D eigenvalue weighted by Crippen LogP contribution is -2.23. The predicted octanol–water partition coefficient (Wildman–Crippen LogP) is 3.15. The molecule has 0 bridgehead atoms. The molecular formula is C19H23NO3. The van der Waals surface area contributed by atoms with Gasteiger partial charge in [-0.2, -0.15) is 0 Å². The second-order valence-corrected chi connectivity index (χ2v) is 5.49. The molecule has 2 aromatic carbocycles. The van der Waals surface area contributed by atoms with Gasteiger partial charge in [0.25, 0.3) is 0 Å². The molecule has 23 heavy (non-hydrogen) atoms. The van der Waals surface area contributed by atoms with Crippen molar-refractivity contribution < 1.29 is 14.3 Å². The summed E-state index contributed by atoms with van der Waals surface area (Å²) in [5, 5.41) is 2.54. The van der Waals surface area contributed by atoms with Crippen LogP contribution in [0.2, 0.25) is 0 Å². The van der Waals surface area contributed by atoms with Crippen molar-refractivity contribution in [1.29, 1.82) is 0 Å². The second kappa shape index (κ2) is 8.34. The highest BCUT2D eigenvalue weighted by Gasteiger charge is 2.06. The zero-order valence-corrected chi connectivity index (χ0v) is 13.9. The van der Waals surface area contributed by atoms with Crippen molar-refractivity contribution in [3.05, 3.63) is 64.7 Å². The first-order chi connectivity index (χ1) is 11.1. The van der Waals surface area contributed by atoms with Gasteiger partial charge in [0, 0.05) is 7.05 Å². The van der Waals surface area contributed by atoms with E-state index >= 15 is 0 Å². The monoisotopic (exact) mass is 313 g/mol. The van der Waals surface area contributed by atoms with Crippen LogP contribution in [-0.4, -0.2) is 19.6 Å². The number of amides is 1. The Labute approximate surface area is 137 Å². The molecule has 0 radical (unpaired) electrons. The predicted molar refractivity (Wildman–Crippen MR) is 90.4 cm³/mol. The van der Waals surface area contributed by atoms with E-state index in [9.17, 15) is 4.79 Å². The number of benzene rings is 2. The van der Waals surface area contributed by atoms with Crippen LogP contribution in [0.4, 0.5) is 0 Å². The lowest BCUT2D eigenvalue weighted by Gasteiger charge is -2.13. The van der Waals surface area contributed by atoms with Crippen molar-refractivity contribution in [2.75, 3.05) is 13.7 Å². The summed E-state index contributed by atoms with van der Waals surface area (Å²) in [6.45, 7) is 5.01. The standard InChI is InChI=1S/C19H23NO3/c1-14-8-9-15(2)18(10-14)23-12-17-7-5-4-6-16(17)11-22-13-19(21)20-3/h4-10H,11-13H2,1-3H3,(H,20,21). The maximum absolute atomic E-state index is 11.2. The molecule has 0 unspecified atom stereocenters. The molecule has 0 heterocycles. The molecule has 0 atom stereocenters. The van der Waals surface area contributed by atoms with E-state index in [1.165, 1.54) is 5.56 Å². The quantitative estimate of drug-likeness (QED) is 0.854. The minimum absolute atomic E-state index is 0.0582. The summed E-state index contributed by atoms with van der Waals surface area (Å²) >= 11 is 0. The molecule has 2 aromatic rings. The number of aryl methyl sites for hydroxylation is 2. The number of carbonyl (C=O) groups excluding carboxylic acids is 1. The van der Waals surface area contributed by atoms with Gasteiger partial charge in [0.1, 0.15) is 19.0 Å². The van der Waals surface area contributed by atoms with Crippen LogP contribution in [-0.2, 0) is 22.7 Å². The molecule has 0 aliphatic heterocycles. The SMILES string of the molecule is CNC(=O)COCc1ccccc1COc1cc(C)ccc1C. The van der Waals surface area contributed by atoms with Crippen LogP contribution in [0.15, 0.2) is 42.5 Å². The lowest BCUT2D eigenvalue weighted by molar-refractivity contribution is -0.125. The fourth-order valence-corrected chi connectivity index (χ4v) is 2.18. The molecule has 4 heteroatoms. The van der Waals surface area contributed by atoms with E-state index in [1.807, 2.05) is 44.2 Å².